The first-order chi connectivity index (χ1) is 8.65. The van der Waals surface area contributed by atoms with Gasteiger partial charge in [-0.1, -0.05) is 27.5 Å². The molecule has 0 aliphatic carbocycles. The van der Waals surface area contributed by atoms with Crippen LogP contribution in [-0.4, -0.2) is 9.97 Å². The first-order valence-electron chi connectivity index (χ1n) is 5.30. The van der Waals surface area contributed by atoms with Crippen LogP contribution >= 0.6 is 39.3 Å². The number of nitrogens with zero attached hydrogens (tertiary/aromatic N) is 1. The average Bonchev–Trinajstić information content (AvgIpc) is 2.77. The van der Waals surface area contributed by atoms with Crippen molar-refractivity contribution in [3.8, 4) is 11.4 Å². The minimum atomic E-state index is -0.0565. The number of nitrogens with one attached hydrogen (secondary N) is 1. The third-order valence-corrected chi connectivity index (χ3v) is 4.55. The van der Waals surface area contributed by atoms with Gasteiger partial charge in [-0.2, -0.15) is 11.8 Å². The number of thioether (sulfide) groups is 1. The Bertz CT molecular complexity index is 686. The fourth-order valence-corrected chi connectivity index (χ4v) is 3.67. The zero-order valence-corrected chi connectivity index (χ0v) is 12.3. The topological polar surface area (TPSA) is 45.8 Å². The van der Waals surface area contributed by atoms with Gasteiger partial charge in [-0.05, 0) is 18.2 Å². The average molecular weight is 344 g/mol. The number of rotatable bonds is 1. The Balaban J connectivity index is 2.18. The highest BCUT2D eigenvalue weighted by Gasteiger charge is 2.18. The Morgan fingerprint density at radius 3 is 3.00 bits per heavy atom. The van der Waals surface area contributed by atoms with Crippen molar-refractivity contribution in [2.24, 2.45) is 0 Å². The fraction of sp³-hybridized carbons (Fsp3) is 0.167. The van der Waals surface area contributed by atoms with Crippen LogP contribution in [0.5, 0.6) is 0 Å². The molecule has 0 bridgehead atoms. The summed E-state index contributed by atoms with van der Waals surface area (Å²) < 4.78 is 0.898. The van der Waals surface area contributed by atoms with Crippen LogP contribution in [0.1, 0.15) is 11.3 Å². The Hall–Kier alpha value is -0.780. The van der Waals surface area contributed by atoms with Crippen molar-refractivity contribution >= 4 is 39.3 Å². The van der Waals surface area contributed by atoms with Crippen molar-refractivity contribution in [2.75, 3.05) is 0 Å². The van der Waals surface area contributed by atoms with Crippen molar-refractivity contribution in [1.82, 2.24) is 9.97 Å². The second-order valence-electron chi connectivity index (χ2n) is 3.96. The van der Waals surface area contributed by atoms with Crippen LogP contribution < -0.4 is 5.56 Å². The third kappa shape index (κ3) is 2.11. The largest absolute Gasteiger partial charge is 0.306 e. The Morgan fingerprint density at radius 2 is 2.22 bits per heavy atom. The normalized spacial score (nSPS) is 13.7. The smallest absolute Gasteiger partial charge is 0.255 e. The molecule has 0 spiro atoms. The molecule has 1 aromatic heterocycles. The summed E-state index contributed by atoms with van der Waals surface area (Å²) in [4.78, 5) is 19.2. The summed E-state index contributed by atoms with van der Waals surface area (Å²) in [7, 11) is 0. The number of aromatic nitrogens is 2. The van der Waals surface area contributed by atoms with Gasteiger partial charge in [0.25, 0.3) is 5.56 Å². The maximum atomic E-state index is 11.9. The van der Waals surface area contributed by atoms with E-state index in [9.17, 15) is 4.79 Å². The van der Waals surface area contributed by atoms with Crippen LogP contribution in [0.4, 0.5) is 0 Å². The predicted molar refractivity (Wildman–Crippen MR) is 78.0 cm³/mol. The van der Waals surface area contributed by atoms with E-state index in [0.717, 1.165) is 32.8 Å². The highest BCUT2D eigenvalue weighted by Crippen LogP contribution is 2.30. The molecule has 18 heavy (non-hydrogen) atoms. The fourth-order valence-electron chi connectivity index (χ4n) is 1.87. The molecule has 2 aromatic rings. The van der Waals surface area contributed by atoms with Crippen LogP contribution in [0.2, 0.25) is 5.02 Å². The van der Waals surface area contributed by atoms with Crippen molar-refractivity contribution in [3.05, 3.63) is 49.3 Å². The quantitative estimate of drug-likeness (QED) is 0.860. The molecular weight excluding hydrogens is 336 g/mol. The molecule has 3 nitrogen and oxygen atoms in total. The Kier molecular flexibility index (Phi) is 3.21. The standard InChI is InChI=1S/C12H8BrClN2OS/c13-6-1-2-7(9(14)3-6)11-15-10-5-18-4-8(10)12(17)16-11/h1-3H,4-5H2,(H,15,16,17). The number of benzene rings is 1. The molecule has 0 fully saturated rings. The van der Waals surface area contributed by atoms with E-state index in [1.807, 2.05) is 12.1 Å². The highest BCUT2D eigenvalue weighted by atomic mass is 79.9. The lowest BCUT2D eigenvalue weighted by atomic mass is 10.2. The van der Waals surface area contributed by atoms with E-state index in [4.69, 9.17) is 11.6 Å². The van der Waals surface area contributed by atoms with Gasteiger partial charge >= 0.3 is 0 Å². The van der Waals surface area contributed by atoms with Gasteiger partial charge in [-0.25, -0.2) is 4.98 Å². The lowest BCUT2D eigenvalue weighted by Gasteiger charge is -2.06. The van der Waals surface area contributed by atoms with Gasteiger partial charge in [0, 0.05) is 27.1 Å². The molecule has 0 amide bonds. The number of hydrogen-bond donors (Lipinski definition) is 1. The number of halogens is 2. The molecular formula is C12H8BrClN2OS. The number of aromatic amines is 1. The van der Waals surface area contributed by atoms with E-state index in [-0.39, 0.29) is 5.56 Å². The van der Waals surface area contributed by atoms with Gasteiger partial charge in [-0.3, -0.25) is 4.79 Å². The van der Waals surface area contributed by atoms with Gasteiger partial charge in [0.15, 0.2) is 0 Å². The summed E-state index contributed by atoms with van der Waals surface area (Å²) in [6.07, 6.45) is 0. The van der Waals surface area contributed by atoms with Gasteiger partial charge in [0.2, 0.25) is 0 Å². The van der Waals surface area contributed by atoms with Crippen LogP contribution in [0, 0.1) is 0 Å². The van der Waals surface area contributed by atoms with E-state index in [2.05, 4.69) is 25.9 Å². The molecule has 2 heterocycles. The van der Waals surface area contributed by atoms with Crippen LogP contribution in [0.15, 0.2) is 27.5 Å². The second-order valence-corrected chi connectivity index (χ2v) is 6.27. The summed E-state index contributed by atoms with van der Waals surface area (Å²) in [5, 5.41) is 0.568. The molecule has 6 heteroatoms. The SMILES string of the molecule is O=c1[nH]c(-c2ccc(Br)cc2Cl)nc2c1CSC2. The predicted octanol–water partition coefficient (Wildman–Crippen LogP) is 3.60. The molecule has 0 saturated carbocycles. The van der Waals surface area contributed by atoms with E-state index < -0.39 is 0 Å². The summed E-state index contributed by atoms with van der Waals surface area (Å²) in [6.45, 7) is 0. The Morgan fingerprint density at radius 1 is 1.39 bits per heavy atom. The number of H-pyrrole nitrogens is 1. The summed E-state index contributed by atoms with van der Waals surface area (Å²) in [6, 6.07) is 5.52. The van der Waals surface area contributed by atoms with Gasteiger partial charge < -0.3 is 4.98 Å². The zero-order chi connectivity index (χ0) is 12.7. The highest BCUT2D eigenvalue weighted by molar-refractivity contribution is 9.10. The molecule has 0 unspecified atom stereocenters. The Labute approximate surface area is 121 Å². The maximum Gasteiger partial charge on any atom is 0.255 e. The van der Waals surface area contributed by atoms with E-state index >= 15 is 0 Å². The minimum absolute atomic E-state index is 0.0565. The van der Waals surface area contributed by atoms with Crippen molar-refractivity contribution in [2.45, 2.75) is 11.5 Å². The molecule has 0 atom stereocenters. The lowest BCUT2D eigenvalue weighted by Crippen LogP contribution is -2.15. The molecule has 1 aliphatic heterocycles. The number of fused-ring (bicyclic) bond motifs is 1. The van der Waals surface area contributed by atoms with Crippen molar-refractivity contribution in [3.63, 3.8) is 0 Å². The molecule has 1 aromatic carbocycles. The van der Waals surface area contributed by atoms with Gasteiger partial charge in [0.05, 0.1) is 10.7 Å². The van der Waals surface area contributed by atoms with E-state index in [1.54, 1.807) is 17.8 Å². The first kappa shape index (κ1) is 12.3. The molecule has 0 saturated heterocycles. The number of hydrogen-bond acceptors (Lipinski definition) is 3. The summed E-state index contributed by atoms with van der Waals surface area (Å²) in [5.74, 6) is 2.07. The second kappa shape index (κ2) is 4.72. The van der Waals surface area contributed by atoms with Crippen LogP contribution in [0.25, 0.3) is 11.4 Å². The molecule has 1 aliphatic rings. The lowest BCUT2D eigenvalue weighted by molar-refractivity contribution is 1.03. The maximum absolute atomic E-state index is 11.9. The zero-order valence-electron chi connectivity index (χ0n) is 9.17. The molecule has 3 rings (SSSR count). The first-order valence-corrected chi connectivity index (χ1v) is 7.63. The third-order valence-electron chi connectivity index (χ3n) is 2.77. The monoisotopic (exact) mass is 342 g/mol. The van der Waals surface area contributed by atoms with E-state index in [0.29, 0.717) is 10.8 Å². The molecule has 92 valence electrons. The van der Waals surface area contributed by atoms with Crippen molar-refractivity contribution in [1.29, 1.82) is 0 Å². The van der Waals surface area contributed by atoms with Crippen LogP contribution in [-0.2, 0) is 11.5 Å². The molecule has 0 radical (unpaired) electrons. The minimum Gasteiger partial charge on any atom is -0.306 e. The summed E-state index contributed by atoms with van der Waals surface area (Å²) in [5.41, 5.74) is 2.35. The van der Waals surface area contributed by atoms with Gasteiger partial charge in [-0.15, -0.1) is 0 Å². The summed E-state index contributed by atoms with van der Waals surface area (Å²) >= 11 is 11.2. The van der Waals surface area contributed by atoms with Gasteiger partial charge in [0.1, 0.15) is 5.82 Å². The molecule has 1 N–H and O–H groups in total. The van der Waals surface area contributed by atoms with Crippen molar-refractivity contribution < 1.29 is 0 Å². The van der Waals surface area contributed by atoms with E-state index in [1.165, 1.54) is 0 Å². The van der Waals surface area contributed by atoms with Crippen LogP contribution in [0.3, 0.4) is 0 Å².